The first kappa shape index (κ1) is 17.3. The lowest BCUT2D eigenvalue weighted by atomic mass is 10.1. The van der Waals surface area contributed by atoms with Crippen LogP contribution in [0.3, 0.4) is 0 Å². The van der Waals surface area contributed by atoms with Crippen LogP contribution in [0.1, 0.15) is 16.3 Å². The van der Waals surface area contributed by atoms with Gasteiger partial charge in [-0.15, -0.1) is 0 Å². The summed E-state index contributed by atoms with van der Waals surface area (Å²) < 4.78 is 0. The number of hydrogen-bond acceptors (Lipinski definition) is 6. The minimum absolute atomic E-state index is 0.143. The van der Waals surface area contributed by atoms with Crippen LogP contribution in [0.15, 0.2) is 47.9 Å². The fourth-order valence-corrected chi connectivity index (χ4v) is 2.69. The van der Waals surface area contributed by atoms with E-state index >= 15 is 0 Å². The molecular formula is C17H14ClN5OS. The maximum Gasteiger partial charge on any atom is 0.275 e. The maximum atomic E-state index is 12.5. The normalized spacial score (nSPS) is 10.5. The van der Waals surface area contributed by atoms with E-state index in [4.69, 9.17) is 11.6 Å². The van der Waals surface area contributed by atoms with Crippen LogP contribution >= 0.6 is 23.4 Å². The molecule has 2 heterocycles. The van der Waals surface area contributed by atoms with E-state index in [1.807, 2.05) is 37.4 Å². The molecule has 0 atom stereocenters. The van der Waals surface area contributed by atoms with Gasteiger partial charge in [-0.3, -0.25) is 4.79 Å². The van der Waals surface area contributed by atoms with Gasteiger partial charge < -0.3 is 5.32 Å². The third-order valence-corrected chi connectivity index (χ3v) is 4.15. The van der Waals surface area contributed by atoms with Gasteiger partial charge in [-0.2, -0.15) is 0 Å². The van der Waals surface area contributed by atoms with Gasteiger partial charge in [0.15, 0.2) is 10.9 Å². The summed E-state index contributed by atoms with van der Waals surface area (Å²) >= 11 is 7.39. The highest BCUT2D eigenvalue weighted by atomic mass is 35.5. The van der Waals surface area contributed by atoms with E-state index in [9.17, 15) is 4.79 Å². The van der Waals surface area contributed by atoms with Crippen molar-refractivity contribution in [2.45, 2.75) is 12.1 Å². The molecule has 0 fully saturated rings. The molecule has 0 bridgehead atoms. The predicted octanol–water partition coefficient (Wildman–Crippen LogP) is 3.87. The highest BCUT2D eigenvalue weighted by Gasteiger charge is 2.14. The van der Waals surface area contributed by atoms with Crippen LogP contribution in [0.2, 0.25) is 5.02 Å². The first-order valence-electron chi connectivity index (χ1n) is 7.35. The van der Waals surface area contributed by atoms with Crippen LogP contribution in [-0.2, 0) is 0 Å². The monoisotopic (exact) mass is 371 g/mol. The molecule has 0 unspecified atom stereocenters. The largest absolute Gasteiger partial charge is 0.321 e. The molecule has 0 saturated carbocycles. The Morgan fingerprint density at radius 3 is 2.80 bits per heavy atom. The zero-order valence-corrected chi connectivity index (χ0v) is 15.1. The van der Waals surface area contributed by atoms with E-state index in [0.29, 0.717) is 16.7 Å². The molecule has 1 N–H and O–H groups in total. The molecule has 0 aliphatic heterocycles. The minimum atomic E-state index is -0.390. The lowest BCUT2D eigenvalue weighted by Gasteiger charge is -2.08. The molecule has 0 radical (unpaired) electrons. The average Bonchev–Trinajstić information content (AvgIpc) is 2.62. The van der Waals surface area contributed by atoms with Crippen molar-refractivity contribution in [3.05, 3.63) is 59.3 Å². The van der Waals surface area contributed by atoms with Gasteiger partial charge in [0.25, 0.3) is 5.91 Å². The highest BCUT2D eigenvalue weighted by molar-refractivity contribution is 7.98. The number of carbonyl (C=O) groups is 1. The summed E-state index contributed by atoms with van der Waals surface area (Å²) in [5.74, 6) is 0.294. The van der Waals surface area contributed by atoms with Gasteiger partial charge in [0, 0.05) is 17.4 Å². The number of thioether (sulfide) groups is 1. The van der Waals surface area contributed by atoms with Gasteiger partial charge in [0.1, 0.15) is 5.82 Å². The Balaban J connectivity index is 1.86. The Kier molecular flexibility index (Phi) is 5.25. The lowest BCUT2D eigenvalue weighted by molar-refractivity contribution is 0.102. The Morgan fingerprint density at radius 1 is 1.20 bits per heavy atom. The smallest absolute Gasteiger partial charge is 0.275 e. The molecule has 6 nitrogen and oxygen atoms in total. The molecule has 0 aliphatic carbocycles. The second-order valence-electron chi connectivity index (χ2n) is 5.08. The number of benzene rings is 1. The minimum Gasteiger partial charge on any atom is -0.321 e. The molecule has 3 aromatic rings. The van der Waals surface area contributed by atoms with E-state index < -0.39 is 5.91 Å². The predicted molar refractivity (Wildman–Crippen MR) is 99.0 cm³/mol. The van der Waals surface area contributed by atoms with Crippen molar-refractivity contribution in [2.24, 2.45) is 0 Å². The van der Waals surface area contributed by atoms with Crippen LogP contribution in [-0.4, -0.2) is 32.1 Å². The maximum absolute atomic E-state index is 12.5. The van der Waals surface area contributed by atoms with Gasteiger partial charge >= 0.3 is 0 Å². The molecular weight excluding hydrogens is 358 g/mol. The Hall–Kier alpha value is -2.51. The molecule has 126 valence electrons. The van der Waals surface area contributed by atoms with E-state index in [2.05, 4.69) is 25.3 Å². The van der Waals surface area contributed by atoms with Crippen molar-refractivity contribution in [1.29, 1.82) is 0 Å². The molecule has 2 aromatic heterocycles. The third kappa shape index (κ3) is 4.12. The number of anilines is 1. The number of rotatable bonds is 4. The summed E-state index contributed by atoms with van der Waals surface area (Å²) in [6.07, 6.45) is 4.96. The lowest BCUT2D eigenvalue weighted by Crippen LogP contribution is -2.15. The van der Waals surface area contributed by atoms with Crippen LogP contribution in [0.4, 0.5) is 5.69 Å². The molecule has 1 aromatic carbocycles. The fraction of sp³-hybridized carbons (Fsp3) is 0.118. The van der Waals surface area contributed by atoms with Crippen molar-refractivity contribution in [3.8, 4) is 11.3 Å². The molecule has 3 rings (SSSR count). The zero-order valence-electron chi connectivity index (χ0n) is 13.5. The van der Waals surface area contributed by atoms with Crippen molar-refractivity contribution >= 4 is 35.0 Å². The fourth-order valence-electron chi connectivity index (χ4n) is 2.17. The third-order valence-electron chi connectivity index (χ3n) is 3.31. The van der Waals surface area contributed by atoms with E-state index in [1.54, 1.807) is 12.3 Å². The Morgan fingerprint density at radius 2 is 2.04 bits per heavy atom. The average molecular weight is 372 g/mol. The first-order chi connectivity index (χ1) is 12.1. The molecule has 0 aliphatic rings. The first-order valence-corrected chi connectivity index (χ1v) is 8.95. The van der Waals surface area contributed by atoms with Crippen LogP contribution < -0.4 is 5.32 Å². The zero-order chi connectivity index (χ0) is 17.8. The summed E-state index contributed by atoms with van der Waals surface area (Å²) in [6.45, 7) is 1.83. The number of amides is 1. The number of carbonyl (C=O) groups excluding carboxylic acids is 1. The molecule has 1 amide bonds. The standard InChI is InChI=1S/C17H14ClN5OS/c1-10-19-7-6-14(21-10)11-4-3-5-12(8-11)22-16(24)15-13(18)9-20-17(23-15)25-2/h3-9H,1-2H3,(H,22,24). The summed E-state index contributed by atoms with van der Waals surface area (Å²) in [5.41, 5.74) is 2.43. The molecule has 0 spiro atoms. The molecule has 8 heteroatoms. The second kappa shape index (κ2) is 7.58. The summed E-state index contributed by atoms with van der Waals surface area (Å²) in [7, 11) is 0. The van der Waals surface area contributed by atoms with Gasteiger partial charge in [-0.25, -0.2) is 19.9 Å². The highest BCUT2D eigenvalue weighted by Crippen LogP contribution is 2.22. The Labute approximate surface area is 154 Å². The van der Waals surface area contributed by atoms with Gasteiger partial charge in [-0.1, -0.05) is 35.5 Å². The van der Waals surface area contributed by atoms with Crippen molar-refractivity contribution in [3.63, 3.8) is 0 Å². The summed E-state index contributed by atoms with van der Waals surface area (Å²) in [5, 5.41) is 3.50. The molecule has 25 heavy (non-hydrogen) atoms. The number of nitrogens with zero attached hydrogens (tertiary/aromatic N) is 4. The van der Waals surface area contributed by atoms with Crippen LogP contribution in [0.25, 0.3) is 11.3 Å². The number of aromatic nitrogens is 4. The van der Waals surface area contributed by atoms with Crippen LogP contribution in [0.5, 0.6) is 0 Å². The van der Waals surface area contributed by atoms with Crippen molar-refractivity contribution in [1.82, 2.24) is 19.9 Å². The SMILES string of the molecule is CSc1ncc(Cl)c(C(=O)Nc2cccc(-c3ccnc(C)n3)c2)n1. The van der Waals surface area contributed by atoms with Crippen LogP contribution in [0, 0.1) is 6.92 Å². The number of aryl methyl sites for hydroxylation is 1. The van der Waals surface area contributed by atoms with Crippen molar-refractivity contribution < 1.29 is 4.79 Å². The number of nitrogens with one attached hydrogen (secondary N) is 1. The van der Waals surface area contributed by atoms with Gasteiger partial charge in [0.2, 0.25) is 0 Å². The summed E-state index contributed by atoms with van der Waals surface area (Å²) in [6, 6.07) is 9.21. The number of hydrogen-bond donors (Lipinski definition) is 1. The van der Waals surface area contributed by atoms with Gasteiger partial charge in [-0.05, 0) is 31.4 Å². The van der Waals surface area contributed by atoms with E-state index in [-0.39, 0.29) is 10.7 Å². The van der Waals surface area contributed by atoms with E-state index in [1.165, 1.54) is 18.0 Å². The second-order valence-corrected chi connectivity index (χ2v) is 6.26. The Bertz CT molecular complexity index is 934. The van der Waals surface area contributed by atoms with Gasteiger partial charge in [0.05, 0.1) is 16.9 Å². The van der Waals surface area contributed by atoms with Crippen molar-refractivity contribution in [2.75, 3.05) is 11.6 Å². The quantitative estimate of drug-likeness (QED) is 0.554. The summed E-state index contributed by atoms with van der Waals surface area (Å²) in [4.78, 5) is 29.2. The number of halogens is 1. The van der Waals surface area contributed by atoms with E-state index in [0.717, 1.165) is 11.3 Å². The molecule has 0 saturated heterocycles. The topological polar surface area (TPSA) is 80.7 Å².